The molecule has 0 bridgehead atoms. The van der Waals surface area contributed by atoms with E-state index < -0.39 is 0 Å². The molecular weight excluding hydrogens is 284 g/mol. The molecule has 6 nitrogen and oxygen atoms in total. The number of carbonyl (C=O) groups is 1. The van der Waals surface area contributed by atoms with Crippen LogP contribution in [0, 0.1) is 5.92 Å². The molecule has 1 aromatic carbocycles. The van der Waals surface area contributed by atoms with Gasteiger partial charge in [-0.1, -0.05) is 6.42 Å². The molecule has 0 aromatic heterocycles. The van der Waals surface area contributed by atoms with Crippen molar-refractivity contribution in [3.63, 3.8) is 0 Å². The fourth-order valence-corrected chi connectivity index (χ4v) is 2.90. The first-order valence-electron chi connectivity index (χ1n) is 7.46. The van der Waals surface area contributed by atoms with E-state index in [1.807, 2.05) is 0 Å². The molecule has 0 saturated heterocycles. The third kappa shape index (κ3) is 3.44. The van der Waals surface area contributed by atoms with Gasteiger partial charge in [-0.15, -0.1) is 0 Å². The lowest BCUT2D eigenvalue weighted by Crippen LogP contribution is -2.34. The van der Waals surface area contributed by atoms with E-state index in [0.717, 1.165) is 25.7 Å². The quantitative estimate of drug-likeness (QED) is 0.871. The SMILES string of the molecule is COc1ccc(NC(=O)C2CCCC(N)C2)c(OC)c1OC. The van der Waals surface area contributed by atoms with Crippen LogP contribution in [0.2, 0.25) is 0 Å². The second kappa shape index (κ2) is 7.35. The number of ether oxygens (including phenoxy) is 3. The van der Waals surface area contributed by atoms with Gasteiger partial charge in [0, 0.05) is 12.0 Å². The summed E-state index contributed by atoms with van der Waals surface area (Å²) in [6, 6.07) is 3.60. The third-order valence-electron chi connectivity index (χ3n) is 4.05. The van der Waals surface area contributed by atoms with Crippen LogP contribution in [0.3, 0.4) is 0 Å². The van der Waals surface area contributed by atoms with Crippen LogP contribution in [0.15, 0.2) is 12.1 Å². The highest BCUT2D eigenvalue weighted by Crippen LogP contribution is 2.42. The van der Waals surface area contributed by atoms with Crippen molar-refractivity contribution in [1.82, 2.24) is 0 Å². The van der Waals surface area contributed by atoms with Crippen molar-refractivity contribution in [2.45, 2.75) is 31.7 Å². The van der Waals surface area contributed by atoms with Crippen LogP contribution in [0.4, 0.5) is 5.69 Å². The standard InChI is InChI=1S/C16H24N2O4/c1-20-13-8-7-12(14(21-2)15(13)22-3)18-16(19)10-5-4-6-11(17)9-10/h7-8,10-11H,4-6,9,17H2,1-3H3,(H,18,19). The van der Waals surface area contributed by atoms with E-state index >= 15 is 0 Å². The Kier molecular flexibility index (Phi) is 5.49. The lowest BCUT2D eigenvalue weighted by Gasteiger charge is -2.26. The number of amides is 1. The molecule has 0 aliphatic heterocycles. The lowest BCUT2D eigenvalue weighted by molar-refractivity contribution is -0.120. The van der Waals surface area contributed by atoms with Crippen molar-refractivity contribution in [2.24, 2.45) is 11.7 Å². The predicted molar refractivity (Wildman–Crippen MR) is 84.7 cm³/mol. The molecule has 2 atom stereocenters. The monoisotopic (exact) mass is 308 g/mol. The van der Waals surface area contributed by atoms with Gasteiger partial charge in [0.05, 0.1) is 27.0 Å². The Labute approximate surface area is 130 Å². The highest BCUT2D eigenvalue weighted by Gasteiger charge is 2.26. The zero-order valence-electron chi connectivity index (χ0n) is 13.3. The fourth-order valence-electron chi connectivity index (χ4n) is 2.90. The van der Waals surface area contributed by atoms with E-state index in [1.165, 1.54) is 14.2 Å². The minimum atomic E-state index is -0.0541. The van der Waals surface area contributed by atoms with E-state index in [9.17, 15) is 4.79 Å². The number of nitrogens with one attached hydrogen (secondary N) is 1. The minimum Gasteiger partial charge on any atom is -0.493 e. The molecule has 1 amide bonds. The van der Waals surface area contributed by atoms with E-state index in [4.69, 9.17) is 19.9 Å². The van der Waals surface area contributed by atoms with Crippen LogP contribution in [-0.4, -0.2) is 33.3 Å². The first-order chi connectivity index (χ1) is 10.6. The average molecular weight is 308 g/mol. The average Bonchev–Trinajstić information content (AvgIpc) is 2.54. The second-order valence-electron chi connectivity index (χ2n) is 5.49. The van der Waals surface area contributed by atoms with Crippen molar-refractivity contribution in [1.29, 1.82) is 0 Å². The normalized spacial score (nSPS) is 21.1. The van der Waals surface area contributed by atoms with Crippen molar-refractivity contribution in [3.8, 4) is 17.2 Å². The number of nitrogens with two attached hydrogens (primary N) is 1. The van der Waals surface area contributed by atoms with Crippen LogP contribution in [0.1, 0.15) is 25.7 Å². The van der Waals surface area contributed by atoms with Crippen LogP contribution in [-0.2, 0) is 4.79 Å². The second-order valence-corrected chi connectivity index (χ2v) is 5.49. The summed E-state index contributed by atoms with van der Waals surface area (Å²) in [4.78, 5) is 12.4. The van der Waals surface area contributed by atoms with Crippen molar-refractivity contribution < 1.29 is 19.0 Å². The minimum absolute atomic E-state index is 0.0272. The van der Waals surface area contributed by atoms with Crippen LogP contribution in [0.25, 0.3) is 0 Å². The molecule has 3 N–H and O–H groups in total. The highest BCUT2D eigenvalue weighted by molar-refractivity contribution is 5.95. The van der Waals surface area contributed by atoms with Gasteiger partial charge in [-0.2, -0.15) is 0 Å². The van der Waals surface area contributed by atoms with Gasteiger partial charge in [0.15, 0.2) is 11.5 Å². The van der Waals surface area contributed by atoms with Gasteiger partial charge in [-0.25, -0.2) is 0 Å². The Morgan fingerprint density at radius 2 is 1.86 bits per heavy atom. The molecule has 1 saturated carbocycles. The molecule has 0 spiro atoms. The smallest absolute Gasteiger partial charge is 0.227 e. The Morgan fingerprint density at radius 1 is 1.14 bits per heavy atom. The summed E-state index contributed by atoms with van der Waals surface area (Å²) in [6.07, 6.45) is 3.57. The molecule has 22 heavy (non-hydrogen) atoms. The summed E-state index contributed by atoms with van der Waals surface area (Å²) < 4.78 is 15.9. The number of anilines is 1. The maximum absolute atomic E-state index is 12.4. The molecule has 1 aromatic rings. The van der Waals surface area contributed by atoms with Gasteiger partial charge < -0.3 is 25.3 Å². The van der Waals surface area contributed by atoms with Gasteiger partial charge in [0.1, 0.15) is 0 Å². The number of rotatable bonds is 5. The molecule has 1 fully saturated rings. The first-order valence-corrected chi connectivity index (χ1v) is 7.46. The summed E-state index contributed by atoms with van der Waals surface area (Å²) in [7, 11) is 4.62. The van der Waals surface area contributed by atoms with Gasteiger partial charge in [0.2, 0.25) is 11.7 Å². The molecule has 1 aliphatic carbocycles. The maximum Gasteiger partial charge on any atom is 0.227 e. The maximum atomic E-state index is 12.4. The summed E-state index contributed by atoms with van der Waals surface area (Å²) in [5.74, 6) is 1.39. The molecule has 0 heterocycles. The van der Waals surface area contributed by atoms with Crippen LogP contribution in [0.5, 0.6) is 17.2 Å². The Balaban J connectivity index is 2.20. The van der Waals surface area contributed by atoms with E-state index in [2.05, 4.69) is 5.32 Å². The topological polar surface area (TPSA) is 82.8 Å². The zero-order valence-corrected chi connectivity index (χ0v) is 13.3. The third-order valence-corrected chi connectivity index (χ3v) is 4.05. The van der Waals surface area contributed by atoms with E-state index in [1.54, 1.807) is 19.2 Å². The summed E-state index contributed by atoms with van der Waals surface area (Å²) >= 11 is 0. The number of carbonyl (C=O) groups excluding carboxylic acids is 1. The zero-order chi connectivity index (χ0) is 16.1. The fraction of sp³-hybridized carbons (Fsp3) is 0.562. The Hall–Kier alpha value is -1.95. The molecule has 0 radical (unpaired) electrons. The molecule has 2 unspecified atom stereocenters. The highest BCUT2D eigenvalue weighted by atomic mass is 16.5. The number of benzene rings is 1. The molecule has 6 heteroatoms. The predicted octanol–water partition coefficient (Wildman–Crippen LogP) is 2.17. The number of hydrogen-bond acceptors (Lipinski definition) is 5. The summed E-state index contributed by atoms with van der Waals surface area (Å²) in [5, 5.41) is 2.92. The number of hydrogen-bond donors (Lipinski definition) is 2. The van der Waals surface area contributed by atoms with E-state index in [-0.39, 0.29) is 17.9 Å². The lowest BCUT2D eigenvalue weighted by atomic mass is 9.85. The Bertz CT molecular complexity index is 533. The molecule has 2 rings (SSSR count). The van der Waals surface area contributed by atoms with Crippen molar-refractivity contribution in [3.05, 3.63) is 12.1 Å². The van der Waals surface area contributed by atoms with Gasteiger partial charge in [0.25, 0.3) is 0 Å². The van der Waals surface area contributed by atoms with Crippen molar-refractivity contribution >= 4 is 11.6 Å². The van der Waals surface area contributed by atoms with Gasteiger partial charge in [-0.05, 0) is 31.4 Å². The molecule has 122 valence electrons. The van der Waals surface area contributed by atoms with Crippen LogP contribution >= 0.6 is 0 Å². The van der Waals surface area contributed by atoms with Gasteiger partial charge in [-0.3, -0.25) is 4.79 Å². The first kappa shape index (κ1) is 16.4. The van der Waals surface area contributed by atoms with Gasteiger partial charge >= 0.3 is 0 Å². The summed E-state index contributed by atoms with van der Waals surface area (Å²) in [5.41, 5.74) is 6.53. The van der Waals surface area contributed by atoms with Crippen LogP contribution < -0.4 is 25.3 Å². The van der Waals surface area contributed by atoms with Crippen molar-refractivity contribution in [2.75, 3.05) is 26.6 Å². The molecule has 1 aliphatic rings. The number of methoxy groups -OCH3 is 3. The largest absolute Gasteiger partial charge is 0.493 e. The Morgan fingerprint density at radius 3 is 2.45 bits per heavy atom. The summed E-state index contributed by atoms with van der Waals surface area (Å²) in [6.45, 7) is 0. The molecular formula is C16H24N2O4. The van der Waals surface area contributed by atoms with E-state index in [0.29, 0.717) is 22.9 Å².